The fourth-order valence-electron chi connectivity index (χ4n) is 3.00. The molecule has 1 aromatic rings. The van der Waals surface area contributed by atoms with Gasteiger partial charge in [-0.15, -0.1) is 0 Å². The lowest BCUT2D eigenvalue weighted by Gasteiger charge is -2.39. The summed E-state index contributed by atoms with van der Waals surface area (Å²) in [5.74, 6) is 0.766. The Morgan fingerprint density at radius 3 is 2.75 bits per heavy atom. The summed E-state index contributed by atoms with van der Waals surface area (Å²) in [4.78, 5) is 18.6. The Morgan fingerprint density at radius 2 is 2.15 bits per heavy atom. The van der Waals surface area contributed by atoms with Crippen molar-refractivity contribution in [2.45, 2.75) is 39.7 Å². The number of hydrogen-bond acceptors (Lipinski definition) is 4. The van der Waals surface area contributed by atoms with Crippen LogP contribution in [0.1, 0.15) is 41.4 Å². The Morgan fingerprint density at radius 1 is 1.45 bits per heavy atom. The molecule has 1 aromatic heterocycles. The number of amides is 1. The molecular formula is C15H24N4O. The molecule has 1 amide bonds. The third-order valence-electron chi connectivity index (χ3n) is 4.16. The van der Waals surface area contributed by atoms with Crippen LogP contribution in [0.3, 0.4) is 0 Å². The Kier molecular flexibility index (Phi) is 4.28. The van der Waals surface area contributed by atoms with Gasteiger partial charge < -0.3 is 16.4 Å². The lowest BCUT2D eigenvalue weighted by Crippen LogP contribution is -2.45. The van der Waals surface area contributed by atoms with Crippen LogP contribution in [0.4, 0.5) is 5.82 Å². The van der Waals surface area contributed by atoms with E-state index >= 15 is 0 Å². The second-order valence-corrected chi connectivity index (χ2v) is 5.82. The van der Waals surface area contributed by atoms with Crippen LogP contribution in [-0.4, -0.2) is 30.0 Å². The monoisotopic (exact) mass is 276 g/mol. The molecule has 5 nitrogen and oxygen atoms in total. The maximum Gasteiger partial charge on any atom is 0.252 e. The molecule has 2 rings (SSSR count). The van der Waals surface area contributed by atoms with Gasteiger partial charge in [-0.2, -0.15) is 0 Å². The molecule has 0 aliphatic carbocycles. The van der Waals surface area contributed by atoms with Crippen LogP contribution >= 0.6 is 0 Å². The molecule has 4 N–H and O–H groups in total. The highest BCUT2D eigenvalue weighted by atomic mass is 16.1. The molecule has 1 aliphatic heterocycles. The smallest absolute Gasteiger partial charge is 0.252 e. The average Bonchev–Trinajstić information content (AvgIpc) is 2.37. The van der Waals surface area contributed by atoms with Gasteiger partial charge in [-0.3, -0.25) is 4.79 Å². The van der Waals surface area contributed by atoms with Crippen molar-refractivity contribution in [3.63, 3.8) is 0 Å². The molecule has 110 valence electrons. The number of piperidine rings is 1. The molecule has 0 saturated carbocycles. The number of carbonyl (C=O) groups excluding carboxylic acids is 1. The molecule has 0 bridgehead atoms. The van der Waals surface area contributed by atoms with Crippen LogP contribution in [0.2, 0.25) is 0 Å². The van der Waals surface area contributed by atoms with Crippen molar-refractivity contribution >= 4 is 11.7 Å². The largest absolute Gasteiger partial charge is 0.365 e. The van der Waals surface area contributed by atoms with E-state index in [1.165, 1.54) is 0 Å². The second-order valence-electron chi connectivity index (χ2n) is 5.82. The van der Waals surface area contributed by atoms with E-state index in [4.69, 9.17) is 11.5 Å². The molecule has 2 heterocycles. The first kappa shape index (κ1) is 14.8. The molecule has 2 atom stereocenters. The van der Waals surface area contributed by atoms with Crippen molar-refractivity contribution < 1.29 is 4.79 Å². The standard InChI is InChI=1S/C15H24N4O/c1-9-6-10(2)18-15(13(9)14(17)20)19-8-12(7-16)5-4-11(19)3/h6,11-12H,4-5,7-8,16H2,1-3H3,(H2,17,20). The van der Waals surface area contributed by atoms with Gasteiger partial charge in [0.15, 0.2) is 0 Å². The van der Waals surface area contributed by atoms with Crippen molar-refractivity contribution in [1.82, 2.24) is 4.98 Å². The number of rotatable bonds is 3. The van der Waals surface area contributed by atoms with Crippen LogP contribution in [0.5, 0.6) is 0 Å². The Balaban J connectivity index is 2.47. The molecule has 1 fully saturated rings. The molecule has 0 radical (unpaired) electrons. The van der Waals surface area contributed by atoms with Crippen molar-refractivity contribution in [3.8, 4) is 0 Å². The summed E-state index contributed by atoms with van der Waals surface area (Å²) in [5.41, 5.74) is 13.7. The molecule has 5 heteroatoms. The van der Waals surface area contributed by atoms with Gasteiger partial charge in [0, 0.05) is 18.3 Å². The zero-order valence-electron chi connectivity index (χ0n) is 12.5. The first-order valence-electron chi connectivity index (χ1n) is 7.18. The number of carbonyl (C=O) groups is 1. The van der Waals surface area contributed by atoms with E-state index in [0.29, 0.717) is 24.1 Å². The summed E-state index contributed by atoms with van der Waals surface area (Å²) >= 11 is 0. The first-order valence-corrected chi connectivity index (χ1v) is 7.18. The predicted molar refractivity (Wildman–Crippen MR) is 80.8 cm³/mol. The fourth-order valence-corrected chi connectivity index (χ4v) is 3.00. The Hall–Kier alpha value is -1.62. The molecule has 20 heavy (non-hydrogen) atoms. The highest BCUT2D eigenvalue weighted by Gasteiger charge is 2.29. The number of nitrogens with two attached hydrogens (primary N) is 2. The normalized spacial score (nSPS) is 22.9. The third-order valence-corrected chi connectivity index (χ3v) is 4.16. The van der Waals surface area contributed by atoms with E-state index in [9.17, 15) is 4.79 Å². The van der Waals surface area contributed by atoms with Crippen LogP contribution < -0.4 is 16.4 Å². The van der Waals surface area contributed by atoms with Crippen molar-refractivity contribution in [2.75, 3.05) is 18.0 Å². The highest BCUT2D eigenvalue weighted by molar-refractivity contribution is 5.99. The average molecular weight is 276 g/mol. The van der Waals surface area contributed by atoms with Crippen molar-refractivity contribution in [3.05, 3.63) is 22.9 Å². The van der Waals surface area contributed by atoms with Gasteiger partial charge in [-0.05, 0) is 57.7 Å². The minimum absolute atomic E-state index is 0.351. The van der Waals surface area contributed by atoms with Crippen LogP contribution in [0.25, 0.3) is 0 Å². The topological polar surface area (TPSA) is 85.2 Å². The molecule has 0 spiro atoms. The highest BCUT2D eigenvalue weighted by Crippen LogP contribution is 2.30. The summed E-state index contributed by atoms with van der Waals surface area (Å²) in [6, 6.07) is 2.25. The van der Waals surface area contributed by atoms with Gasteiger partial charge in [0.2, 0.25) is 0 Å². The lowest BCUT2D eigenvalue weighted by molar-refractivity contribution is 0.0999. The summed E-state index contributed by atoms with van der Waals surface area (Å²) in [5, 5.41) is 0. The zero-order valence-corrected chi connectivity index (χ0v) is 12.5. The molecule has 1 saturated heterocycles. The molecule has 1 aliphatic rings. The third kappa shape index (κ3) is 2.77. The van der Waals surface area contributed by atoms with Gasteiger partial charge in [0.25, 0.3) is 5.91 Å². The maximum absolute atomic E-state index is 11.8. The summed E-state index contributed by atoms with van der Waals surface area (Å²) in [6.07, 6.45) is 2.19. The van der Waals surface area contributed by atoms with Gasteiger partial charge in [0.05, 0.1) is 5.56 Å². The van der Waals surface area contributed by atoms with Gasteiger partial charge in [-0.1, -0.05) is 0 Å². The summed E-state index contributed by atoms with van der Waals surface area (Å²) in [6.45, 7) is 7.52. The molecule has 0 aromatic carbocycles. The van der Waals surface area contributed by atoms with E-state index in [1.807, 2.05) is 19.9 Å². The minimum Gasteiger partial charge on any atom is -0.365 e. The quantitative estimate of drug-likeness (QED) is 0.873. The predicted octanol–water partition coefficient (Wildman–Crippen LogP) is 1.36. The van der Waals surface area contributed by atoms with E-state index in [-0.39, 0.29) is 0 Å². The second kappa shape index (κ2) is 5.79. The zero-order chi connectivity index (χ0) is 14.9. The number of anilines is 1. The van der Waals surface area contributed by atoms with E-state index in [1.54, 1.807) is 0 Å². The maximum atomic E-state index is 11.8. The van der Waals surface area contributed by atoms with E-state index < -0.39 is 5.91 Å². The summed E-state index contributed by atoms with van der Waals surface area (Å²) in [7, 11) is 0. The lowest BCUT2D eigenvalue weighted by atomic mass is 9.92. The van der Waals surface area contributed by atoms with Crippen LogP contribution in [-0.2, 0) is 0 Å². The molecular weight excluding hydrogens is 252 g/mol. The SMILES string of the molecule is Cc1cc(C)c(C(N)=O)c(N2CC(CN)CCC2C)n1. The first-order chi connectivity index (χ1) is 9.43. The fraction of sp³-hybridized carbons (Fsp3) is 0.600. The number of aryl methyl sites for hydroxylation is 2. The van der Waals surface area contributed by atoms with Crippen molar-refractivity contribution in [2.24, 2.45) is 17.4 Å². The number of hydrogen-bond donors (Lipinski definition) is 2. The van der Waals surface area contributed by atoms with Crippen LogP contribution in [0.15, 0.2) is 6.07 Å². The minimum atomic E-state index is -0.410. The number of nitrogens with zero attached hydrogens (tertiary/aromatic N) is 2. The van der Waals surface area contributed by atoms with Gasteiger partial charge >= 0.3 is 0 Å². The summed E-state index contributed by atoms with van der Waals surface area (Å²) < 4.78 is 0. The molecule has 2 unspecified atom stereocenters. The van der Waals surface area contributed by atoms with E-state index in [0.717, 1.165) is 36.5 Å². The van der Waals surface area contributed by atoms with Crippen LogP contribution in [0, 0.1) is 19.8 Å². The number of aromatic nitrogens is 1. The Bertz CT molecular complexity index is 515. The Labute approximate surface area is 120 Å². The van der Waals surface area contributed by atoms with Gasteiger partial charge in [0.1, 0.15) is 5.82 Å². The van der Waals surface area contributed by atoms with Gasteiger partial charge in [-0.25, -0.2) is 4.98 Å². The number of pyridine rings is 1. The number of primary amides is 1. The van der Waals surface area contributed by atoms with E-state index in [2.05, 4.69) is 16.8 Å². The van der Waals surface area contributed by atoms with Crippen molar-refractivity contribution in [1.29, 1.82) is 0 Å².